The van der Waals surface area contributed by atoms with Crippen molar-refractivity contribution in [3.05, 3.63) is 65.5 Å². The van der Waals surface area contributed by atoms with Crippen LogP contribution in [0.25, 0.3) is 6.08 Å². The summed E-state index contributed by atoms with van der Waals surface area (Å²) in [4.78, 5) is 25.1. The molecule has 9 heteroatoms. The van der Waals surface area contributed by atoms with E-state index in [0.717, 1.165) is 5.69 Å². The fourth-order valence-corrected chi connectivity index (χ4v) is 2.68. The molecule has 0 saturated heterocycles. The Morgan fingerprint density at radius 2 is 1.79 bits per heavy atom. The Morgan fingerprint density at radius 3 is 2.41 bits per heavy atom. The number of anilines is 2. The van der Waals surface area contributed by atoms with Gasteiger partial charge in [-0.1, -0.05) is 12.1 Å². The van der Waals surface area contributed by atoms with Gasteiger partial charge >= 0.3 is 0 Å². The molecule has 8 nitrogen and oxygen atoms in total. The Balaban J connectivity index is 1.77. The largest absolute Gasteiger partial charge is 0.319 e. The lowest BCUT2D eigenvalue weighted by Crippen LogP contribution is -2.20. The molecule has 3 aromatic rings. The number of aromatic nitrogens is 4. The van der Waals surface area contributed by atoms with Gasteiger partial charge in [0.2, 0.25) is 5.91 Å². The topological polar surface area (TPSA) is 93.8 Å². The van der Waals surface area contributed by atoms with Crippen LogP contribution in [0.15, 0.2) is 42.7 Å². The smallest absolute Gasteiger partial charge is 0.276 e. The standard InChI is InChI=1S/C20H21FN6O2/c1-4-27-19(20(29)25-16-11-22-26(3)13(16)2)17(12-23-27)24-18(28)10-7-14-5-8-15(21)9-6-14/h5-12H,4H2,1-3H3,(H,24,28)(H,25,29)/b10-7+. The molecule has 0 spiro atoms. The highest BCUT2D eigenvalue weighted by Crippen LogP contribution is 2.19. The SMILES string of the molecule is CCn1ncc(NC(=O)/C=C/c2ccc(F)cc2)c1C(=O)Nc1cnn(C)c1C. The van der Waals surface area contributed by atoms with Crippen LogP contribution in [0, 0.1) is 12.7 Å². The van der Waals surface area contributed by atoms with E-state index in [1.165, 1.54) is 29.1 Å². The van der Waals surface area contributed by atoms with Gasteiger partial charge in [-0.25, -0.2) is 4.39 Å². The zero-order valence-corrected chi connectivity index (χ0v) is 16.3. The molecule has 0 atom stereocenters. The zero-order chi connectivity index (χ0) is 21.0. The van der Waals surface area contributed by atoms with Crippen LogP contribution in [0.5, 0.6) is 0 Å². The quantitative estimate of drug-likeness (QED) is 0.627. The van der Waals surface area contributed by atoms with E-state index in [9.17, 15) is 14.0 Å². The van der Waals surface area contributed by atoms with Crippen molar-refractivity contribution in [2.45, 2.75) is 20.4 Å². The monoisotopic (exact) mass is 396 g/mol. The van der Waals surface area contributed by atoms with Gasteiger partial charge in [-0.2, -0.15) is 10.2 Å². The average Bonchev–Trinajstić information content (AvgIpc) is 3.25. The molecule has 29 heavy (non-hydrogen) atoms. The van der Waals surface area contributed by atoms with Crippen molar-refractivity contribution in [2.24, 2.45) is 7.05 Å². The molecule has 0 saturated carbocycles. The van der Waals surface area contributed by atoms with Crippen molar-refractivity contribution in [1.29, 1.82) is 0 Å². The van der Waals surface area contributed by atoms with Crippen LogP contribution in [0.3, 0.4) is 0 Å². The minimum atomic E-state index is -0.434. The van der Waals surface area contributed by atoms with Gasteiger partial charge in [0, 0.05) is 19.7 Å². The minimum absolute atomic E-state index is 0.235. The van der Waals surface area contributed by atoms with Crippen LogP contribution in [-0.4, -0.2) is 31.4 Å². The van der Waals surface area contributed by atoms with E-state index in [-0.39, 0.29) is 11.5 Å². The molecule has 0 aliphatic rings. The number of amides is 2. The number of hydrogen-bond donors (Lipinski definition) is 2. The molecule has 1 aromatic carbocycles. The molecule has 0 bridgehead atoms. The van der Waals surface area contributed by atoms with E-state index in [1.807, 2.05) is 13.8 Å². The second-order valence-electron chi connectivity index (χ2n) is 6.32. The summed E-state index contributed by atoms with van der Waals surface area (Å²) < 4.78 is 16.1. The second-order valence-corrected chi connectivity index (χ2v) is 6.32. The predicted octanol–water partition coefficient (Wildman–Crippen LogP) is 2.99. The molecule has 2 aromatic heterocycles. The van der Waals surface area contributed by atoms with Crippen molar-refractivity contribution in [1.82, 2.24) is 19.6 Å². The first-order chi connectivity index (χ1) is 13.9. The van der Waals surface area contributed by atoms with Crippen LogP contribution in [-0.2, 0) is 18.4 Å². The Bertz CT molecular complexity index is 1070. The van der Waals surface area contributed by atoms with E-state index in [4.69, 9.17) is 0 Å². The molecule has 150 valence electrons. The molecule has 0 unspecified atom stereocenters. The van der Waals surface area contributed by atoms with Gasteiger partial charge in [-0.3, -0.25) is 19.0 Å². The molecule has 0 aliphatic carbocycles. The lowest BCUT2D eigenvalue weighted by atomic mass is 10.2. The molecular weight excluding hydrogens is 375 g/mol. The third-order valence-electron chi connectivity index (χ3n) is 4.39. The highest BCUT2D eigenvalue weighted by molar-refractivity contribution is 6.10. The molecule has 2 N–H and O–H groups in total. The van der Waals surface area contributed by atoms with E-state index in [1.54, 1.807) is 36.1 Å². The van der Waals surface area contributed by atoms with Gasteiger partial charge in [-0.15, -0.1) is 0 Å². The summed E-state index contributed by atoms with van der Waals surface area (Å²) in [5.74, 6) is -1.19. The molecule has 0 radical (unpaired) electrons. The minimum Gasteiger partial charge on any atom is -0.319 e. The van der Waals surface area contributed by atoms with Gasteiger partial charge in [0.15, 0.2) is 0 Å². The fraction of sp³-hybridized carbons (Fsp3) is 0.200. The summed E-state index contributed by atoms with van der Waals surface area (Å²) in [5.41, 5.74) is 2.58. The lowest BCUT2D eigenvalue weighted by molar-refractivity contribution is -0.111. The third kappa shape index (κ3) is 4.57. The number of halogens is 1. The number of carbonyl (C=O) groups excluding carboxylic acids is 2. The number of nitrogens with one attached hydrogen (secondary N) is 2. The lowest BCUT2D eigenvalue weighted by Gasteiger charge is -2.09. The van der Waals surface area contributed by atoms with Crippen LogP contribution in [0.2, 0.25) is 0 Å². The van der Waals surface area contributed by atoms with Gasteiger partial charge in [-0.05, 0) is 37.6 Å². The van der Waals surface area contributed by atoms with Crippen molar-refractivity contribution in [3.8, 4) is 0 Å². The highest BCUT2D eigenvalue weighted by Gasteiger charge is 2.20. The first kappa shape index (κ1) is 20.0. The van der Waals surface area contributed by atoms with E-state index < -0.39 is 11.8 Å². The number of carbonyl (C=O) groups is 2. The Morgan fingerprint density at radius 1 is 1.10 bits per heavy atom. The van der Waals surface area contributed by atoms with Crippen molar-refractivity contribution in [2.75, 3.05) is 10.6 Å². The molecular formula is C20H21FN6O2. The van der Waals surface area contributed by atoms with E-state index >= 15 is 0 Å². The van der Waals surface area contributed by atoms with Gasteiger partial charge in [0.05, 0.1) is 29.5 Å². The van der Waals surface area contributed by atoms with Crippen LogP contribution < -0.4 is 10.6 Å². The Labute approximate surface area is 167 Å². The van der Waals surface area contributed by atoms with Crippen molar-refractivity contribution < 1.29 is 14.0 Å². The average molecular weight is 396 g/mol. The molecule has 3 rings (SSSR count). The van der Waals surface area contributed by atoms with Gasteiger partial charge in [0.1, 0.15) is 11.5 Å². The number of nitrogens with zero attached hydrogens (tertiary/aromatic N) is 4. The summed E-state index contributed by atoms with van der Waals surface area (Å²) in [6, 6.07) is 5.74. The Hall–Kier alpha value is -3.75. The third-order valence-corrected chi connectivity index (χ3v) is 4.39. The number of benzene rings is 1. The number of aryl methyl sites for hydroxylation is 2. The fourth-order valence-electron chi connectivity index (χ4n) is 2.68. The second kappa shape index (κ2) is 8.51. The van der Waals surface area contributed by atoms with Gasteiger partial charge < -0.3 is 10.6 Å². The van der Waals surface area contributed by atoms with E-state index in [0.29, 0.717) is 23.5 Å². The maximum atomic E-state index is 13.0. The van der Waals surface area contributed by atoms with E-state index in [2.05, 4.69) is 20.8 Å². The molecule has 2 heterocycles. The van der Waals surface area contributed by atoms with Crippen molar-refractivity contribution >= 4 is 29.3 Å². The first-order valence-electron chi connectivity index (χ1n) is 8.99. The first-order valence-corrected chi connectivity index (χ1v) is 8.99. The number of hydrogen-bond acceptors (Lipinski definition) is 4. The van der Waals surface area contributed by atoms with Gasteiger partial charge in [0.25, 0.3) is 5.91 Å². The summed E-state index contributed by atoms with van der Waals surface area (Å²) in [6.07, 6.45) is 5.85. The molecule has 0 aliphatic heterocycles. The number of rotatable bonds is 6. The molecule has 0 fully saturated rings. The predicted molar refractivity (Wildman–Crippen MR) is 108 cm³/mol. The maximum absolute atomic E-state index is 13.0. The van der Waals surface area contributed by atoms with Crippen LogP contribution in [0.4, 0.5) is 15.8 Å². The zero-order valence-electron chi connectivity index (χ0n) is 16.3. The molecule has 2 amide bonds. The summed E-state index contributed by atoms with van der Waals surface area (Å²) >= 11 is 0. The van der Waals surface area contributed by atoms with Crippen molar-refractivity contribution in [3.63, 3.8) is 0 Å². The summed E-state index contributed by atoms with van der Waals surface area (Å²) in [5, 5.41) is 13.7. The van der Waals surface area contributed by atoms with Crippen LogP contribution >= 0.6 is 0 Å². The normalized spacial score (nSPS) is 11.0. The van der Waals surface area contributed by atoms with Crippen LogP contribution in [0.1, 0.15) is 28.7 Å². The summed E-state index contributed by atoms with van der Waals surface area (Å²) in [7, 11) is 1.78. The summed E-state index contributed by atoms with van der Waals surface area (Å²) in [6.45, 7) is 4.14. The Kier molecular flexibility index (Phi) is 5.87. The highest BCUT2D eigenvalue weighted by atomic mass is 19.1. The maximum Gasteiger partial charge on any atom is 0.276 e.